The van der Waals surface area contributed by atoms with Crippen LogP contribution in [0.4, 0.5) is 0 Å². The largest absolute Gasteiger partial charge is 0.313 e. The van der Waals surface area contributed by atoms with Crippen molar-refractivity contribution < 1.29 is 0 Å². The number of imidazole rings is 1. The normalized spacial score (nSPS) is 11.1. The number of nitrogens with zero attached hydrogens (tertiary/aromatic N) is 4. The lowest BCUT2D eigenvalue weighted by molar-refractivity contribution is 0.860. The number of alkyl halides is 1. The van der Waals surface area contributed by atoms with Crippen molar-refractivity contribution in [1.29, 1.82) is 0 Å². The Balaban J connectivity index is 2.80. The van der Waals surface area contributed by atoms with Crippen LogP contribution in [0.15, 0.2) is 0 Å². The van der Waals surface area contributed by atoms with E-state index in [1.54, 1.807) is 0 Å². The summed E-state index contributed by atoms with van der Waals surface area (Å²) < 4.78 is 1.88. The number of hydrogen-bond acceptors (Lipinski definition) is 3. The maximum Gasteiger partial charge on any atom is 0.198 e. The number of rotatable bonds is 1. The van der Waals surface area contributed by atoms with Gasteiger partial charge in [-0.15, -0.1) is 11.6 Å². The fourth-order valence-corrected chi connectivity index (χ4v) is 1.56. The molecule has 0 aliphatic rings. The van der Waals surface area contributed by atoms with Crippen molar-refractivity contribution in [1.82, 2.24) is 19.5 Å². The third-order valence-electron chi connectivity index (χ3n) is 2.33. The molecule has 0 aliphatic heterocycles. The van der Waals surface area contributed by atoms with Gasteiger partial charge in [-0.3, -0.25) is 0 Å². The second-order valence-corrected chi connectivity index (χ2v) is 3.53. The van der Waals surface area contributed by atoms with E-state index in [-0.39, 0.29) is 0 Å². The van der Waals surface area contributed by atoms with Gasteiger partial charge in [0.2, 0.25) is 0 Å². The summed E-state index contributed by atoms with van der Waals surface area (Å²) >= 11 is 5.74. The van der Waals surface area contributed by atoms with E-state index in [1.165, 1.54) is 0 Å². The second-order valence-electron chi connectivity index (χ2n) is 3.26. The van der Waals surface area contributed by atoms with E-state index in [1.807, 2.05) is 25.5 Å². The summed E-state index contributed by atoms with van der Waals surface area (Å²) in [5, 5.41) is 0. The van der Waals surface area contributed by atoms with E-state index in [2.05, 4.69) is 15.0 Å². The zero-order valence-electron chi connectivity index (χ0n) is 8.37. The molecule has 5 heteroatoms. The van der Waals surface area contributed by atoms with Crippen LogP contribution in [0.1, 0.15) is 17.2 Å². The van der Waals surface area contributed by atoms with Gasteiger partial charge in [0.25, 0.3) is 0 Å². The molecule has 0 fully saturated rings. The summed E-state index contributed by atoms with van der Waals surface area (Å²) in [5.74, 6) is 1.18. The molecule has 0 bridgehead atoms. The molecule has 0 atom stereocenters. The Morgan fingerprint density at radius 2 is 1.79 bits per heavy atom. The molecule has 14 heavy (non-hydrogen) atoms. The molecule has 0 amide bonds. The zero-order valence-corrected chi connectivity index (χ0v) is 9.13. The predicted molar refractivity (Wildman–Crippen MR) is 55.3 cm³/mol. The van der Waals surface area contributed by atoms with Crippen LogP contribution in [0, 0.1) is 13.8 Å². The van der Waals surface area contributed by atoms with Crippen LogP contribution in [0.3, 0.4) is 0 Å². The quantitative estimate of drug-likeness (QED) is 0.674. The first-order valence-electron chi connectivity index (χ1n) is 4.36. The summed E-state index contributed by atoms with van der Waals surface area (Å²) in [4.78, 5) is 13.1. The van der Waals surface area contributed by atoms with Crippen molar-refractivity contribution in [2.45, 2.75) is 19.7 Å². The highest BCUT2D eigenvalue weighted by atomic mass is 35.5. The first-order chi connectivity index (χ1) is 6.63. The van der Waals surface area contributed by atoms with Gasteiger partial charge in [0, 0.05) is 7.05 Å². The molecule has 0 aromatic carbocycles. The highest BCUT2D eigenvalue weighted by molar-refractivity contribution is 6.16. The molecule has 0 unspecified atom stereocenters. The standard InChI is InChI=1S/C9H11ClN4/c1-5-6(2)12-9-8(11-5)13-7(4-10)14(9)3/h4H2,1-3H3. The first-order valence-corrected chi connectivity index (χ1v) is 4.89. The molecule has 4 nitrogen and oxygen atoms in total. The molecule has 0 aliphatic carbocycles. The van der Waals surface area contributed by atoms with Gasteiger partial charge in [0.05, 0.1) is 17.3 Å². The van der Waals surface area contributed by atoms with Gasteiger partial charge in [-0.25, -0.2) is 15.0 Å². The minimum absolute atomic E-state index is 0.382. The Labute approximate surface area is 87.0 Å². The highest BCUT2D eigenvalue weighted by Crippen LogP contribution is 2.13. The van der Waals surface area contributed by atoms with Gasteiger partial charge >= 0.3 is 0 Å². The van der Waals surface area contributed by atoms with Crippen molar-refractivity contribution >= 4 is 22.9 Å². The molecule has 0 spiro atoms. The predicted octanol–water partition coefficient (Wildman–Crippen LogP) is 1.72. The highest BCUT2D eigenvalue weighted by Gasteiger charge is 2.10. The van der Waals surface area contributed by atoms with Crippen LogP contribution in [0.5, 0.6) is 0 Å². The lowest BCUT2D eigenvalue weighted by atomic mass is 10.3. The number of aromatic nitrogens is 4. The average Bonchev–Trinajstić information content (AvgIpc) is 2.45. The Morgan fingerprint density at radius 1 is 1.14 bits per heavy atom. The molecule has 0 radical (unpaired) electrons. The van der Waals surface area contributed by atoms with Crippen molar-refractivity contribution in [3.8, 4) is 0 Å². The van der Waals surface area contributed by atoms with Gasteiger partial charge in [0.15, 0.2) is 11.3 Å². The van der Waals surface area contributed by atoms with E-state index in [4.69, 9.17) is 11.6 Å². The lowest BCUT2D eigenvalue weighted by Gasteiger charge is -1.99. The maximum absolute atomic E-state index is 5.74. The second kappa shape index (κ2) is 3.20. The third kappa shape index (κ3) is 1.26. The van der Waals surface area contributed by atoms with Crippen LogP contribution < -0.4 is 0 Å². The molecule has 2 aromatic heterocycles. The molecule has 74 valence electrons. The van der Waals surface area contributed by atoms with Crippen LogP contribution >= 0.6 is 11.6 Å². The topological polar surface area (TPSA) is 43.6 Å². The minimum atomic E-state index is 0.382. The van der Waals surface area contributed by atoms with E-state index in [0.29, 0.717) is 11.5 Å². The molecule has 2 aromatic rings. The SMILES string of the molecule is Cc1nc2nc(CCl)n(C)c2nc1C. The van der Waals surface area contributed by atoms with E-state index in [0.717, 1.165) is 22.9 Å². The molecule has 0 saturated heterocycles. The van der Waals surface area contributed by atoms with Crippen LogP contribution in [0.2, 0.25) is 0 Å². The van der Waals surface area contributed by atoms with E-state index < -0.39 is 0 Å². The van der Waals surface area contributed by atoms with Crippen LogP contribution in [0.25, 0.3) is 11.3 Å². The molecule has 0 saturated carbocycles. The number of hydrogen-bond donors (Lipinski definition) is 0. The molecular weight excluding hydrogens is 200 g/mol. The summed E-state index contributed by atoms with van der Waals surface area (Å²) in [6, 6.07) is 0. The van der Waals surface area contributed by atoms with Gasteiger partial charge in [-0.2, -0.15) is 0 Å². The van der Waals surface area contributed by atoms with E-state index in [9.17, 15) is 0 Å². The van der Waals surface area contributed by atoms with Crippen molar-refractivity contribution in [3.05, 3.63) is 17.2 Å². The van der Waals surface area contributed by atoms with Gasteiger partial charge in [-0.1, -0.05) is 0 Å². The average molecular weight is 211 g/mol. The zero-order chi connectivity index (χ0) is 10.3. The summed E-state index contributed by atoms with van der Waals surface area (Å²) in [5.41, 5.74) is 3.31. The fraction of sp³-hybridized carbons (Fsp3) is 0.444. The number of fused-ring (bicyclic) bond motifs is 1. The monoisotopic (exact) mass is 210 g/mol. The number of halogens is 1. The van der Waals surface area contributed by atoms with Gasteiger partial charge in [0.1, 0.15) is 5.82 Å². The molecule has 0 N–H and O–H groups in total. The molecule has 2 heterocycles. The van der Waals surface area contributed by atoms with Gasteiger partial charge in [-0.05, 0) is 13.8 Å². The minimum Gasteiger partial charge on any atom is -0.313 e. The molecular formula is C9H11ClN4. The van der Waals surface area contributed by atoms with Crippen molar-refractivity contribution in [2.24, 2.45) is 7.05 Å². The fourth-order valence-electron chi connectivity index (χ4n) is 1.32. The van der Waals surface area contributed by atoms with Gasteiger partial charge < -0.3 is 4.57 Å². The Kier molecular flexibility index (Phi) is 2.15. The van der Waals surface area contributed by atoms with Crippen LogP contribution in [-0.4, -0.2) is 19.5 Å². The van der Waals surface area contributed by atoms with Crippen molar-refractivity contribution in [2.75, 3.05) is 0 Å². The number of aryl methyl sites for hydroxylation is 3. The summed E-state index contributed by atoms with van der Waals surface area (Å²) in [6.07, 6.45) is 0. The Hall–Kier alpha value is -1.16. The Bertz CT molecular complexity index is 489. The smallest absolute Gasteiger partial charge is 0.198 e. The third-order valence-corrected chi connectivity index (χ3v) is 2.57. The first kappa shape index (κ1) is 9.40. The van der Waals surface area contributed by atoms with Crippen molar-refractivity contribution in [3.63, 3.8) is 0 Å². The summed E-state index contributed by atoms with van der Waals surface area (Å²) in [7, 11) is 1.90. The van der Waals surface area contributed by atoms with Crippen LogP contribution in [-0.2, 0) is 12.9 Å². The van der Waals surface area contributed by atoms with E-state index >= 15 is 0 Å². The lowest BCUT2D eigenvalue weighted by Crippen LogP contribution is -1.97. The Morgan fingerprint density at radius 3 is 2.43 bits per heavy atom. The molecule has 2 rings (SSSR count). The maximum atomic E-state index is 5.74. The summed E-state index contributed by atoms with van der Waals surface area (Å²) in [6.45, 7) is 3.87.